The molecule has 0 aromatic heterocycles. The third-order valence-electron chi connectivity index (χ3n) is 6.27. The van der Waals surface area contributed by atoms with Crippen molar-refractivity contribution in [1.29, 1.82) is 0 Å². The Morgan fingerprint density at radius 3 is 1.87 bits per heavy atom. The molecule has 1 aliphatic rings. The lowest BCUT2D eigenvalue weighted by atomic mass is 9.91. The Hall–Kier alpha value is -4.04. The van der Waals surface area contributed by atoms with Crippen LogP contribution in [0.1, 0.15) is 50.7 Å². The fourth-order valence-electron chi connectivity index (χ4n) is 4.21. The average molecular weight is 645 g/mol. The van der Waals surface area contributed by atoms with Crippen LogP contribution in [-0.2, 0) is 42.9 Å². The van der Waals surface area contributed by atoms with Gasteiger partial charge >= 0.3 is 12.1 Å². The number of benzene rings is 2. The first-order chi connectivity index (χ1) is 22.1. The Morgan fingerprint density at radius 2 is 1.28 bits per heavy atom. The van der Waals surface area contributed by atoms with E-state index >= 15 is 0 Å². The van der Waals surface area contributed by atoms with Crippen molar-refractivity contribution in [2.75, 3.05) is 66.0 Å². The summed E-state index contributed by atoms with van der Waals surface area (Å²) in [7, 11) is 0. The third kappa shape index (κ3) is 13.5. The van der Waals surface area contributed by atoms with Gasteiger partial charge in [-0.2, -0.15) is 0 Å². The second-order valence-corrected chi connectivity index (χ2v) is 11.1. The van der Waals surface area contributed by atoms with Gasteiger partial charge in [0.1, 0.15) is 23.9 Å². The zero-order valence-corrected chi connectivity index (χ0v) is 26.7. The molecule has 1 saturated heterocycles. The van der Waals surface area contributed by atoms with E-state index in [1.807, 2.05) is 6.07 Å². The van der Waals surface area contributed by atoms with Crippen molar-refractivity contribution < 1.29 is 52.4 Å². The maximum atomic E-state index is 13.2. The van der Waals surface area contributed by atoms with Crippen LogP contribution in [0.15, 0.2) is 54.6 Å². The monoisotopic (exact) mass is 644 g/mol. The molecule has 0 radical (unpaired) electrons. The Labute approximate surface area is 269 Å². The minimum absolute atomic E-state index is 0.0180. The lowest BCUT2D eigenvalue weighted by Gasteiger charge is -2.20. The van der Waals surface area contributed by atoms with E-state index in [-0.39, 0.29) is 19.4 Å². The molecule has 1 unspecified atom stereocenters. The second kappa shape index (κ2) is 19.5. The molecule has 1 atom stereocenters. The number of ether oxygens (including phenoxy) is 6. The van der Waals surface area contributed by atoms with Gasteiger partial charge in [0.05, 0.1) is 52.9 Å². The maximum Gasteiger partial charge on any atom is 0.407 e. The maximum absolute atomic E-state index is 13.2. The van der Waals surface area contributed by atoms with E-state index in [9.17, 15) is 19.2 Å². The van der Waals surface area contributed by atoms with Crippen molar-refractivity contribution in [2.24, 2.45) is 0 Å². The summed E-state index contributed by atoms with van der Waals surface area (Å²) in [5, 5.41) is 3.17. The largest absolute Gasteiger partial charge is 0.491 e. The van der Waals surface area contributed by atoms with Crippen molar-refractivity contribution >= 4 is 23.9 Å². The van der Waals surface area contributed by atoms with E-state index < -0.39 is 35.4 Å². The quantitative estimate of drug-likeness (QED) is 0.167. The van der Waals surface area contributed by atoms with Crippen LogP contribution in [0, 0.1) is 0 Å². The van der Waals surface area contributed by atoms with Crippen LogP contribution < -0.4 is 10.1 Å². The molecule has 3 rings (SSSR count). The smallest absolute Gasteiger partial charge is 0.407 e. The number of amides is 3. The molecule has 0 aliphatic carbocycles. The van der Waals surface area contributed by atoms with Crippen LogP contribution in [0.2, 0.25) is 0 Å². The number of nitrogens with one attached hydrogen (secondary N) is 1. The Bertz CT molecular complexity index is 1230. The lowest BCUT2D eigenvalue weighted by molar-refractivity contribution is -0.198. The van der Waals surface area contributed by atoms with E-state index in [4.69, 9.17) is 33.3 Å². The van der Waals surface area contributed by atoms with Gasteiger partial charge in [0.25, 0.3) is 11.8 Å². The van der Waals surface area contributed by atoms with Gasteiger partial charge in [-0.1, -0.05) is 42.5 Å². The molecule has 1 fully saturated rings. The molecule has 1 N–H and O–H groups in total. The number of alkyl carbamates (subject to hydrolysis) is 1. The number of nitrogens with zero attached hydrogens (tertiary/aromatic N) is 1. The highest BCUT2D eigenvalue weighted by atomic mass is 16.7. The van der Waals surface area contributed by atoms with E-state index in [1.165, 1.54) is 0 Å². The van der Waals surface area contributed by atoms with Gasteiger partial charge in [-0.3, -0.25) is 9.59 Å². The predicted molar refractivity (Wildman–Crippen MR) is 165 cm³/mol. The first-order valence-corrected chi connectivity index (χ1v) is 15.3. The minimum atomic E-state index is -0.871. The third-order valence-corrected chi connectivity index (χ3v) is 6.27. The standard InChI is InChI=1S/C33H44N2O11/c1-33(2,3)45-32(39)34-14-15-40-16-17-41-18-19-42-20-21-43-22-23-44-27-11-7-10-26(24-27)30(25-8-5-4-6-9-25)31(38)46-35-28(36)12-13-29(35)37/h4-11,24,30H,12-23H2,1-3H3,(H,34,39). The Kier molecular flexibility index (Phi) is 15.4. The van der Waals surface area contributed by atoms with Crippen molar-refractivity contribution in [3.8, 4) is 5.75 Å². The highest BCUT2D eigenvalue weighted by molar-refractivity contribution is 6.02. The molecule has 13 heteroatoms. The number of hydrogen-bond acceptors (Lipinski definition) is 11. The first-order valence-electron chi connectivity index (χ1n) is 15.3. The highest BCUT2D eigenvalue weighted by Crippen LogP contribution is 2.30. The van der Waals surface area contributed by atoms with Gasteiger partial charge < -0.3 is 38.6 Å². The molecule has 13 nitrogen and oxygen atoms in total. The van der Waals surface area contributed by atoms with E-state index in [0.717, 1.165) is 0 Å². The van der Waals surface area contributed by atoms with Crippen LogP contribution in [0.4, 0.5) is 4.79 Å². The van der Waals surface area contributed by atoms with Gasteiger partial charge in [-0.25, -0.2) is 9.59 Å². The van der Waals surface area contributed by atoms with Crippen LogP contribution in [0.5, 0.6) is 5.75 Å². The van der Waals surface area contributed by atoms with Gasteiger partial charge in [0.2, 0.25) is 0 Å². The van der Waals surface area contributed by atoms with E-state index in [0.29, 0.717) is 81.3 Å². The van der Waals surface area contributed by atoms with Crippen molar-refractivity contribution in [3.63, 3.8) is 0 Å². The van der Waals surface area contributed by atoms with Gasteiger partial charge in [-0.15, -0.1) is 5.06 Å². The van der Waals surface area contributed by atoms with Crippen LogP contribution in [-0.4, -0.2) is 101 Å². The summed E-state index contributed by atoms with van der Waals surface area (Å²) >= 11 is 0. The van der Waals surface area contributed by atoms with Gasteiger partial charge in [0.15, 0.2) is 0 Å². The van der Waals surface area contributed by atoms with Crippen LogP contribution in [0.3, 0.4) is 0 Å². The topological polar surface area (TPSA) is 148 Å². The summed E-state index contributed by atoms with van der Waals surface area (Å²) in [6.45, 7) is 9.15. The highest BCUT2D eigenvalue weighted by Gasteiger charge is 2.36. The number of carbonyl (C=O) groups is 4. The molecule has 1 aliphatic heterocycles. The SMILES string of the molecule is CC(C)(C)OC(=O)NCCOCCOCCOCCOCCOc1cccc(C(C(=O)ON2C(=O)CCC2=O)c2ccccc2)c1. The second-order valence-electron chi connectivity index (χ2n) is 11.1. The molecule has 0 saturated carbocycles. The Balaban J connectivity index is 1.26. The number of rotatable bonds is 20. The van der Waals surface area contributed by atoms with E-state index in [2.05, 4.69) is 5.32 Å². The van der Waals surface area contributed by atoms with Gasteiger partial charge in [0, 0.05) is 19.4 Å². The summed E-state index contributed by atoms with van der Waals surface area (Å²) in [4.78, 5) is 54.0. The average Bonchev–Trinajstić information content (AvgIpc) is 3.33. The number of imide groups is 1. The summed E-state index contributed by atoms with van der Waals surface area (Å²) < 4.78 is 32.9. The molecule has 252 valence electrons. The first kappa shape index (κ1) is 36.4. The minimum Gasteiger partial charge on any atom is -0.491 e. The molecule has 0 spiro atoms. The zero-order chi connectivity index (χ0) is 33.2. The van der Waals surface area contributed by atoms with Crippen LogP contribution >= 0.6 is 0 Å². The summed E-state index contributed by atoms with van der Waals surface area (Å²) in [6.07, 6.45) is -0.437. The fourth-order valence-corrected chi connectivity index (χ4v) is 4.21. The Morgan fingerprint density at radius 1 is 0.739 bits per heavy atom. The van der Waals surface area contributed by atoms with Crippen molar-refractivity contribution in [3.05, 3.63) is 65.7 Å². The normalized spacial score (nSPS) is 13.8. The molecular weight excluding hydrogens is 600 g/mol. The van der Waals surface area contributed by atoms with Crippen molar-refractivity contribution in [1.82, 2.24) is 10.4 Å². The summed E-state index contributed by atoms with van der Waals surface area (Å²) in [6, 6.07) is 16.0. The van der Waals surface area contributed by atoms with Gasteiger partial charge in [-0.05, 0) is 44.0 Å². The summed E-state index contributed by atoms with van der Waals surface area (Å²) in [5.41, 5.74) is 0.704. The molecule has 2 aromatic rings. The number of hydrogen-bond donors (Lipinski definition) is 1. The number of hydroxylamine groups is 2. The van der Waals surface area contributed by atoms with E-state index in [1.54, 1.807) is 69.3 Å². The molecule has 46 heavy (non-hydrogen) atoms. The van der Waals surface area contributed by atoms with Crippen LogP contribution in [0.25, 0.3) is 0 Å². The predicted octanol–water partition coefficient (Wildman–Crippen LogP) is 3.40. The molecule has 3 amide bonds. The number of carbonyl (C=O) groups excluding carboxylic acids is 4. The molecule has 1 heterocycles. The molecule has 0 bridgehead atoms. The molecule has 2 aromatic carbocycles. The molecular formula is C33H44N2O11. The summed E-state index contributed by atoms with van der Waals surface area (Å²) in [5.74, 6) is -2.15. The zero-order valence-electron chi connectivity index (χ0n) is 26.7. The fraction of sp³-hybridized carbons (Fsp3) is 0.515. The van der Waals surface area contributed by atoms with Crippen molar-refractivity contribution in [2.45, 2.75) is 45.1 Å². The lowest BCUT2D eigenvalue weighted by Crippen LogP contribution is -2.34.